The number of carbonyl (C=O) groups is 2. The lowest BCUT2D eigenvalue weighted by Crippen LogP contribution is -2.10. The molecule has 0 spiro atoms. The molecule has 1 aromatic heterocycles. The maximum Gasteiger partial charge on any atom is 0.309 e. The highest BCUT2D eigenvalue weighted by Gasteiger charge is 2.08. The molecule has 1 aromatic rings. The second kappa shape index (κ2) is 5.88. The molecule has 0 unspecified atom stereocenters. The Balaban J connectivity index is 2.49. The Morgan fingerprint density at radius 3 is 3.00 bits per heavy atom. The summed E-state index contributed by atoms with van der Waals surface area (Å²) in [6, 6.07) is 0. The van der Waals surface area contributed by atoms with E-state index in [1.54, 1.807) is 5.38 Å². The zero-order valence-corrected chi connectivity index (χ0v) is 9.21. The van der Waals surface area contributed by atoms with Gasteiger partial charge in [0.25, 0.3) is 0 Å². The van der Waals surface area contributed by atoms with Crippen LogP contribution in [0.2, 0.25) is 0 Å². The predicted octanol–water partition coefficient (Wildman–Crippen LogP) is 1.12. The Hall–Kier alpha value is -1.87. The van der Waals surface area contributed by atoms with Gasteiger partial charge in [-0.15, -0.1) is 23.7 Å². The number of hydrogen-bond donors (Lipinski definition) is 2. The molecule has 0 atom stereocenters. The lowest BCUT2D eigenvalue weighted by Gasteiger charge is -1.97. The number of carbonyl (C=O) groups excluding carboxylic acids is 1. The fourth-order valence-corrected chi connectivity index (χ4v) is 1.69. The molecular formula is C10H10N2O3S. The number of anilines is 1. The number of rotatable bonds is 5. The van der Waals surface area contributed by atoms with Crippen molar-refractivity contribution in [3.63, 3.8) is 0 Å². The molecule has 0 aliphatic carbocycles. The van der Waals surface area contributed by atoms with E-state index in [9.17, 15) is 9.59 Å². The van der Waals surface area contributed by atoms with Crippen molar-refractivity contribution in [2.24, 2.45) is 0 Å². The Morgan fingerprint density at radius 1 is 1.62 bits per heavy atom. The third kappa shape index (κ3) is 4.11. The summed E-state index contributed by atoms with van der Waals surface area (Å²) in [6.45, 7) is 0. The van der Waals surface area contributed by atoms with E-state index in [0.29, 0.717) is 17.2 Å². The van der Waals surface area contributed by atoms with Crippen LogP contribution in [0.15, 0.2) is 5.38 Å². The van der Waals surface area contributed by atoms with Crippen molar-refractivity contribution in [2.45, 2.75) is 19.3 Å². The summed E-state index contributed by atoms with van der Waals surface area (Å²) in [7, 11) is 0. The van der Waals surface area contributed by atoms with Gasteiger partial charge >= 0.3 is 5.97 Å². The molecule has 0 saturated heterocycles. The van der Waals surface area contributed by atoms with E-state index in [1.807, 2.05) is 0 Å². The summed E-state index contributed by atoms with van der Waals surface area (Å²) in [5.41, 5.74) is 0.435. The fraction of sp³-hybridized carbons (Fsp3) is 0.300. The summed E-state index contributed by atoms with van der Waals surface area (Å²) in [4.78, 5) is 25.6. The van der Waals surface area contributed by atoms with Crippen molar-refractivity contribution in [1.29, 1.82) is 0 Å². The monoisotopic (exact) mass is 238 g/mol. The van der Waals surface area contributed by atoms with E-state index >= 15 is 0 Å². The molecule has 0 aromatic carbocycles. The van der Waals surface area contributed by atoms with Crippen molar-refractivity contribution in [1.82, 2.24) is 4.98 Å². The fourth-order valence-electron chi connectivity index (χ4n) is 0.968. The Morgan fingerprint density at radius 2 is 2.38 bits per heavy atom. The molecule has 1 heterocycles. The maximum atomic E-state index is 11.2. The molecular weight excluding hydrogens is 228 g/mol. The SMILES string of the molecule is C#CCCC(=O)Nc1nc(CC(=O)O)cs1. The van der Waals surface area contributed by atoms with Crippen LogP contribution in [0, 0.1) is 12.3 Å². The molecule has 0 radical (unpaired) electrons. The van der Waals surface area contributed by atoms with Crippen molar-refractivity contribution in [3.05, 3.63) is 11.1 Å². The predicted molar refractivity (Wildman–Crippen MR) is 60.2 cm³/mol. The van der Waals surface area contributed by atoms with Crippen LogP contribution in [0.1, 0.15) is 18.5 Å². The number of carboxylic acids is 1. The highest BCUT2D eigenvalue weighted by molar-refractivity contribution is 7.13. The van der Waals surface area contributed by atoms with Crippen LogP contribution >= 0.6 is 11.3 Å². The molecule has 0 aliphatic rings. The number of thiazole rings is 1. The average Bonchev–Trinajstić information content (AvgIpc) is 2.61. The first-order valence-electron chi connectivity index (χ1n) is 4.51. The normalized spacial score (nSPS) is 9.44. The Labute approximate surface area is 96.5 Å². The molecule has 0 fully saturated rings. The second-order valence-electron chi connectivity index (χ2n) is 2.97. The summed E-state index contributed by atoms with van der Waals surface area (Å²) in [6.07, 6.45) is 5.49. The quantitative estimate of drug-likeness (QED) is 0.753. The van der Waals surface area contributed by atoms with Crippen LogP contribution in [0.3, 0.4) is 0 Å². The third-order valence-corrected chi connectivity index (χ3v) is 2.43. The van der Waals surface area contributed by atoms with E-state index in [0.717, 1.165) is 0 Å². The topological polar surface area (TPSA) is 79.3 Å². The zero-order valence-electron chi connectivity index (χ0n) is 8.40. The lowest BCUT2D eigenvalue weighted by molar-refractivity contribution is -0.136. The second-order valence-corrected chi connectivity index (χ2v) is 3.82. The van der Waals surface area contributed by atoms with Gasteiger partial charge in [0.05, 0.1) is 12.1 Å². The third-order valence-electron chi connectivity index (χ3n) is 1.63. The number of amides is 1. The van der Waals surface area contributed by atoms with E-state index in [4.69, 9.17) is 11.5 Å². The van der Waals surface area contributed by atoms with E-state index in [1.165, 1.54) is 11.3 Å². The highest BCUT2D eigenvalue weighted by Crippen LogP contribution is 2.16. The Bertz CT molecular complexity index is 434. The number of hydrogen-bond acceptors (Lipinski definition) is 4. The minimum atomic E-state index is -0.949. The van der Waals surface area contributed by atoms with Gasteiger partial charge in [-0.3, -0.25) is 9.59 Å². The Kier molecular flexibility index (Phi) is 4.48. The van der Waals surface area contributed by atoms with Crippen LogP contribution in [0.5, 0.6) is 0 Å². The number of aliphatic carboxylic acids is 1. The first kappa shape index (κ1) is 12.2. The van der Waals surface area contributed by atoms with Crippen LogP contribution < -0.4 is 5.32 Å². The van der Waals surface area contributed by atoms with E-state index in [-0.39, 0.29) is 18.7 Å². The van der Waals surface area contributed by atoms with Crippen molar-refractivity contribution in [2.75, 3.05) is 5.32 Å². The van der Waals surface area contributed by atoms with Crippen molar-refractivity contribution >= 4 is 28.3 Å². The molecule has 1 rings (SSSR count). The van der Waals surface area contributed by atoms with Gasteiger partial charge in [-0.25, -0.2) is 4.98 Å². The molecule has 1 amide bonds. The largest absolute Gasteiger partial charge is 0.481 e. The summed E-state index contributed by atoms with van der Waals surface area (Å²) in [5, 5.41) is 13.1. The lowest BCUT2D eigenvalue weighted by atomic mass is 10.3. The smallest absolute Gasteiger partial charge is 0.309 e. The number of nitrogens with one attached hydrogen (secondary N) is 1. The van der Waals surface area contributed by atoms with Gasteiger partial charge in [-0.1, -0.05) is 0 Å². The van der Waals surface area contributed by atoms with Crippen LogP contribution in [-0.4, -0.2) is 22.0 Å². The first-order valence-corrected chi connectivity index (χ1v) is 5.39. The maximum absolute atomic E-state index is 11.2. The first-order chi connectivity index (χ1) is 7.61. The van der Waals surface area contributed by atoms with Gasteiger partial charge in [0.15, 0.2) is 5.13 Å². The molecule has 0 aliphatic heterocycles. The number of terminal acetylenes is 1. The summed E-state index contributed by atoms with van der Waals surface area (Å²) >= 11 is 1.20. The molecule has 16 heavy (non-hydrogen) atoms. The number of nitrogens with zero attached hydrogens (tertiary/aromatic N) is 1. The van der Waals surface area contributed by atoms with Crippen molar-refractivity contribution in [3.8, 4) is 12.3 Å². The molecule has 6 heteroatoms. The van der Waals surface area contributed by atoms with Gasteiger partial charge in [-0.05, 0) is 0 Å². The van der Waals surface area contributed by atoms with Crippen molar-refractivity contribution < 1.29 is 14.7 Å². The molecule has 0 bridgehead atoms. The highest BCUT2D eigenvalue weighted by atomic mass is 32.1. The van der Waals surface area contributed by atoms with Gasteiger partial charge in [0, 0.05) is 18.2 Å². The molecule has 2 N–H and O–H groups in total. The average molecular weight is 238 g/mol. The minimum Gasteiger partial charge on any atom is -0.481 e. The number of carboxylic acid groups (broad SMARTS) is 1. The van der Waals surface area contributed by atoms with Gasteiger partial charge in [0.1, 0.15) is 0 Å². The van der Waals surface area contributed by atoms with E-state index < -0.39 is 5.97 Å². The van der Waals surface area contributed by atoms with Crippen LogP contribution in [-0.2, 0) is 16.0 Å². The summed E-state index contributed by atoms with van der Waals surface area (Å²) in [5.74, 6) is 1.20. The zero-order chi connectivity index (χ0) is 12.0. The van der Waals surface area contributed by atoms with Gasteiger partial charge < -0.3 is 10.4 Å². The van der Waals surface area contributed by atoms with Gasteiger partial charge in [0.2, 0.25) is 5.91 Å². The van der Waals surface area contributed by atoms with E-state index in [2.05, 4.69) is 16.2 Å². The molecule has 5 nitrogen and oxygen atoms in total. The van der Waals surface area contributed by atoms with Gasteiger partial charge in [-0.2, -0.15) is 0 Å². The minimum absolute atomic E-state index is 0.142. The molecule has 0 saturated carbocycles. The standard InChI is InChI=1S/C10H10N2O3S/c1-2-3-4-8(13)12-10-11-7(6-16-10)5-9(14)15/h1,6H,3-5H2,(H,14,15)(H,11,12,13). The number of aromatic nitrogens is 1. The van der Waals surface area contributed by atoms with Crippen LogP contribution in [0.4, 0.5) is 5.13 Å². The molecule has 84 valence electrons. The van der Waals surface area contributed by atoms with Crippen LogP contribution in [0.25, 0.3) is 0 Å². The summed E-state index contributed by atoms with van der Waals surface area (Å²) < 4.78 is 0.